The Kier molecular flexibility index (Phi) is 5.70. The molecule has 168 valence electrons. The Morgan fingerprint density at radius 1 is 1.12 bits per heavy atom. The summed E-state index contributed by atoms with van der Waals surface area (Å²) in [6.45, 7) is 0.0173. The summed E-state index contributed by atoms with van der Waals surface area (Å²) in [7, 11) is 3.78. The van der Waals surface area contributed by atoms with Crippen molar-refractivity contribution in [2.24, 2.45) is 0 Å². The van der Waals surface area contributed by atoms with E-state index in [9.17, 15) is 24.8 Å². The summed E-state index contributed by atoms with van der Waals surface area (Å²) < 4.78 is 5.37. The van der Waals surface area contributed by atoms with Gasteiger partial charge in [0.1, 0.15) is 11.5 Å². The third-order valence-corrected chi connectivity index (χ3v) is 5.50. The van der Waals surface area contributed by atoms with Crippen LogP contribution in [0.2, 0.25) is 0 Å². The van der Waals surface area contributed by atoms with E-state index in [0.717, 1.165) is 5.69 Å². The normalized spacial score (nSPS) is 17.4. The number of nitrogens with zero attached hydrogens (tertiary/aromatic N) is 3. The number of amides is 1. The highest BCUT2D eigenvalue weighted by atomic mass is 16.6. The monoisotopic (exact) mass is 447 g/mol. The van der Waals surface area contributed by atoms with Crippen LogP contribution in [0.4, 0.5) is 11.4 Å². The number of nitro groups is 1. The molecule has 0 aliphatic carbocycles. The van der Waals surface area contributed by atoms with Gasteiger partial charge in [-0.25, -0.2) is 0 Å². The molecule has 3 aromatic rings. The van der Waals surface area contributed by atoms with Crippen LogP contribution >= 0.6 is 0 Å². The van der Waals surface area contributed by atoms with Crippen molar-refractivity contribution in [1.29, 1.82) is 0 Å². The summed E-state index contributed by atoms with van der Waals surface area (Å²) in [5.41, 5.74) is 1.23. The molecule has 1 N–H and O–H groups in total. The molecule has 1 saturated heterocycles. The van der Waals surface area contributed by atoms with Crippen LogP contribution in [-0.2, 0) is 16.1 Å². The number of anilines is 1. The number of Topliss-reactive ketones (excluding diaryl/α,β-unsaturated/α-hetero) is 1. The number of carbonyl (C=O) groups excluding carboxylic acids is 2. The maximum absolute atomic E-state index is 13.1. The third-order valence-electron chi connectivity index (χ3n) is 5.50. The van der Waals surface area contributed by atoms with Crippen LogP contribution in [0.5, 0.6) is 0 Å². The minimum Gasteiger partial charge on any atom is -0.507 e. The zero-order valence-corrected chi connectivity index (χ0v) is 18.0. The Labute approximate surface area is 189 Å². The fourth-order valence-electron chi connectivity index (χ4n) is 3.84. The molecule has 33 heavy (non-hydrogen) atoms. The van der Waals surface area contributed by atoms with Gasteiger partial charge in [0.05, 0.1) is 29.3 Å². The molecular formula is C24H21N3O6. The molecule has 0 radical (unpaired) electrons. The lowest BCUT2D eigenvalue weighted by molar-refractivity contribution is -0.384. The van der Waals surface area contributed by atoms with Crippen LogP contribution in [0.15, 0.2) is 76.9 Å². The molecular weight excluding hydrogens is 426 g/mol. The molecule has 4 rings (SSSR count). The Morgan fingerprint density at radius 2 is 1.85 bits per heavy atom. The molecule has 1 unspecified atom stereocenters. The van der Waals surface area contributed by atoms with E-state index in [1.54, 1.807) is 24.3 Å². The van der Waals surface area contributed by atoms with Gasteiger partial charge in [0, 0.05) is 37.5 Å². The van der Waals surface area contributed by atoms with E-state index < -0.39 is 28.4 Å². The number of aliphatic hydroxyl groups is 1. The first-order valence-electron chi connectivity index (χ1n) is 10.1. The van der Waals surface area contributed by atoms with E-state index in [0.29, 0.717) is 11.3 Å². The molecule has 1 fully saturated rings. The zero-order chi connectivity index (χ0) is 23.7. The van der Waals surface area contributed by atoms with E-state index >= 15 is 0 Å². The van der Waals surface area contributed by atoms with Crippen molar-refractivity contribution >= 4 is 28.8 Å². The van der Waals surface area contributed by atoms with Crippen molar-refractivity contribution in [3.8, 4) is 0 Å². The lowest BCUT2D eigenvalue weighted by atomic mass is 9.95. The molecule has 0 bridgehead atoms. The first-order chi connectivity index (χ1) is 15.8. The number of ketones is 1. The molecule has 9 nitrogen and oxygen atoms in total. The molecule has 0 saturated carbocycles. The molecule has 2 aromatic carbocycles. The summed E-state index contributed by atoms with van der Waals surface area (Å²) >= 11 is 0. The van der Waals surface area contributed by atoms with Crippen LogP contribution in [0.3, 0.4) is 0 Å². The Balaban J connectivity index is 1.86. The van der Waals surface area contributed by atoms with Crippen LogP contribution in [0.25, 0.3) is 5.76 Å². The van der Waals surface area contributed by atoms with Crippen molar-refractivity contribution in [1.82, 2.24) is 4.90 Å². The fraction of sp³-hybridized carbons (Fsp3) is 0.167. The van der Waals surface area contributed by atoms with Crippen molar-refractivity contribution in [2.45, 2.75) is 12.6 Å². The number of aliphatic hydroxyl groups excluding tert-OH is 1. The standard InChI is InChI=1S/C24H21N3O6/c1-25(2)17-10-8-15(9-11-17)21-20(22(28)16-5-3-6-18(13-16)27(31)32)23(29)24(30)26(21)14-19-7-4-12-33-19/h3-13,21,28H,14H2,1-2H3. The number of furan rings is 1. The molecule has 0 spiro atoms. The summed E-state index contributed by atoms with van der Waals surface area (Å²) in [6, 6.07) is 15.0. The van der Waals surface area contributed by atoms with Gasteiger partial charge in [-0.3, -0.25) is 19.7 Å². The summed E-state index contributed by atoms with van der Waals surface area (Å²) in [5, 5.41) is 22.2. The van der Waals surface area contributed by atoms with Gasteiger partial charge < -0.3 is 19.3 Å². The molecule has 9 heteroatoms. The number of hydrogen-bond acceptors (Lipinski definition) is 7. The Morgan fingerprint density at radius 3 is 2.45 bits per heavy atom. The molecule has 1 aliphatic rings. The highest BCUT2D eigenvalue weighted by Crippen LogP contribution is 2.41. The number of rotatable bonds is 6. The van der Waals surface area contributed by atoms with E-state index in [1.165, 1.54) is 35.4 Å². The van der Waals surface area contributed by atoms with Crippen molar-refractivity contribution in [2.75, 3.05) is 19.0 Å². The first kappa shape index (κ1) is 21.8. The second-order valence-corrected chi connectivity index (χ2v) is 7.80. The van der Waals surface area contributed by atoms with Crippen LogP contribution in [0, 0.1) is 10.1 Å². The van der Waals surface area contributed by atoms with Gasteiger partial charge >= 0.3 is 0 Å². The lowest BCUT2D eigenvalue weighted by Crippen LogP contribution is -2.29. The van der Waals surface area contributed by atoms with Gasteiger partial charge in [-0.15, -0.1) is 0 Å². The minimum absolute atomic E-state index is 0.0173. The molecule has 2 heterocycles. The van der Waals surface area contributed by atoms with Gasteiger partial charge in [-0.05, 0) is 29.8 Å². The number of carbonyl (C=O) groups is 2. The van der Waals surface area contributed by atoms with Crippen LogP contribution in [-0.4, -0.2) is 40.7 Å². The van der Waals surface area contributed by atoms with E-state index in [-0.39, 0.29) is 23.4 Å². The summed E-state index contributed by atoms with van der Waals surface area (Å²) in [4.78, 5) is 39.9. The van der Waals surface area contributed by atoms with Gasteiger partial charge in [-0.1, -0.05) is 24.3 Å². The number of nitro benzene ring substituents is 1. The van der Waals surface area contributed by atoms with Crippen LogP contribution < -0.4 is 4.90 Å². The Hall–Kier alpha value is -4.40. The highest BCUT2D eigenvalue weighted by molar-refractivity contribution is 6.46. The average molecular weight is 447 g/mol. The van der Waals surface area contributed by atoms with Crippen LogP contribution in [0.1, 0.15) is 22.9 Å². The van der Waals surface area contributed by atoms with E-state index in [4.69, 9.17) is 4.42 Å². The highest BCUT2D eigenvalue weighted by Gasteiger charge is 2.46. The summed E-state index contributed by atoms with van der Waals surface area (Å²) in [5.74, 6) is -1.66. The third kappa shape index (κ3) is 4.08. The van der Waals surface area contributed by atoms with Crippen molar-refractivity contribution in [3.63, 3.8) is 0 Å². The predicted octanol–water partition coefficient (Wildman–Crippen LogP) is 3.88. The minimum atomic E-state index is -0.898. The topological polar surface area (TPSA) is 117 Å². The number of hydrogen-bond donors (Lipinski definition) is 1. The maximum atomic E-state index is 13.1. The predicted molar refractivity (Wildman–Crippen MR) is 120 cm³/mol. The molecule has 1 aromatic heterocycles. The van der Waals surface area contributed by atoms with Gasteiger partial charge in [0.15, 0.2) is 0 Å². The van der Waals surface area contributed by atoms with Gasteiger partial charge in [-0.2, -0.15) is 0 Å². The SMILES string of the molecule is CN(C)c1ccc(C2C(=C(O)c3cccc([N+](=O)[O-])c3)C(=O)C(=O)N2Cc2ccco2)cc1. The maximum Gasteiger partial charge on any atom is 0.296 e. The largest absolute Gasteiger partial charge is 0.507 e. The number of likely N-dealkylation sites (tertiary alicyclic amines) is 1. The van der Waals surface area contributed by atoms with Crippen molar-refractivity contribution in [3.05, 3.63) is 99.5 Å². The zero-order valence-electron chi connectivity index (χ0n) is 18.0. The average Bonchev–Trinajstić information content (AvgIpc) is 3.41. The Bertz CT molecular complexity index is 1250. The molecule has 1 amide bonds. The number of non-ortho nitro benzene ring substituents is 1. The van der Waals surface area contributed by atoms with Crippen molar-refractivity contribution < 1.29 is 24.0 Å². The fourth-order valence-corrected chi connectivity index (χ4v) is 3.84. The summed E-state index contributed by atoms with van der Waals surface area (Å²) in [6.07, 6.45) is 1.47. The number of benzene rings is 2. The second kappa shape index (κ2) is 8.62. The molecule has 1 aliphatic heterocycles. The lowest BCUT2D eigenvalue weighted by Gasteiger charge is -2.25. The quantitative estimate of drug-likeness (QED) is 0.200. The van der Waals surface area contributed by atoms with Gasteiger partial charge in [0.2, 0.25) is 0 Å². The smallest absolute Gasteiger partial charge is 0.296 e. The first-order valence-corrected chi connectivity index (χ1v) is 10.1. The van der Waals surface area contributed by atoms with Gasteiger partial charge in [0.25, 0.3) is 17.4 Å². The van der Waals surface area contributed by atoms with E-state index in [2.05, 4.69) is 0 Å². The molecule has 1 atom stereocenters. The second-order valence-electron chi connectivity index (χ2n) is 7.80. The van der Waals surface area contributed by atoms with E-state index in [1.807, 2.05) is 31.1 Å².